The first-order valence-electron chi connectivity index (χ1n) is 10.9. The zero-order valence-corrected chi connectivity index (χ0v) is 19.7. The Balaban J connectivity index is 1.61. The third-order valence-electron chi connectivity index (χ3n) is 5.95. The van der Waals surface area contributed by atoms with Gasteiger partial charge in [0.15, 0.2) is 0 Å². The molecule has 0 radical (unpaired) electrons. The Hall–Kier alpha value is -4.51. The number of hydrogen-bond donors (Lipinski definition) is 1. The van der Waals surface area contributed by atoms with E-state index < -0.39 is 16.8 Å². The summed E-state index contributed by atoms with van der Waals surface area (Å²) < 4.78 is 44.3. The Kier molecular flexibility index (Phi) is 5.12. The van der Waals surface area contributed by atoms with Crippen molar-refractivity contribution in [2.45, 2.75) is 13.1 Å². The molecule has 4 aromatic heterocycles. The zero-order valence-electron chi connectivity index (χ0n) is 19.0. The fourth-order valence-corrected chi connectivity index (χ4v) is 4.57. The molecule has 6 aromatic rings. The fraction of sp³-hybridized carbons (Fsp3) is 0.0800. The molecule has 12 heteroatoms. The van der Waals surface area contributed by atoms with Gasteiger partial charge in [0.25, 0.3) is 0 Å². The Morgan fingerprint density at radius 1 is 1.00 bits per heavy atom. The van der Waals surface area contributed by atoms with Crippen LogP contribution in [0.3, 0.4) is 0 Å². The number of fused-ring (bicyclic) bond motifs is 5. The lowest BCUT2D eigenvalue weighted by Crippen LogP contribution is -2.07. The molecule has 4 heterocycles. The summed E-state index contributed by atoms with van der Waals surface area (Å²) in [6.07, 6.45) is 0.114. The maximum Gasteiger partial charge on any atom is 0.417 e. The average molecular weight is 522 g/mol. The molecular weight excluding hydrogens is 507 g/mol. The first-order chi connectivity index (χ1) is 17.7. The molecule has 0 aliphatic carbocycles. The van der Waals surface area contributed by atoms with Crippen LogP contribution in [-0.4, -0.2) is 35.0 Å². The molecule has 0 saturated heterocycles. The topological polar surface area (TPSA) is 90.0 Å². The summed E-state index contributed by atoms with van der Waals surface area (Å²) in [4.78, 5) is 20.1. The van der Waals surface area contributed by atoms with Crippen LogP contribution in [0, 0.1) is 0 Å². The van der Waals surface area contributed by atoms with Gasteiger partial charge in [-0.3, -0.25) is 18.7 Å². The van der Waals surface area contributed by atoms with E-state index in [0.717, 1.165) is 17.2 Å². The standard InChI is InChI=1S/C25H15ClF3N7O/c1-13(37)33-22-7-3-15(10-31-22)14-2-6-20-17(8-14)23-21(11-30-20)35-12-32-34-24(35)36(23)16-4-5-19(26)18(9-16)25(27,28)29/h2-12H,1H3,(H,31,33,37). The second-order valence-electron chi connectivity index (χ2n) is 8.34. The van der Waals surface area contributed by atoms with E-state index in [1.165, 1.54) is 25.4 Å². The van der Waals surface area contributed by atoms with Gasteiger partial charge in [-0.15, -0.1) is 10.2 Å². The number of anilines is 1. The summed E-state index contributed by atoms with van der Waals surface area (Å²) in [5.41, 5.74) is 2.73. The van der Waals surface area contributed by atoms with Gasteiger partial charge in [-0.1, -0.05) is 17.7 Å². The number of carbonyl (C=O) groups excluding carboxylic acids is 1. The minimum Gasteiger partial charge on any atom is -0.311 e. The summed E-state index contributed by atoms with van der Waals surface area (Å²) in [5, 5.41) is 11.0. The Morgan fingerprint density at radius 2 is 1.81 bits per heavy atom. The van der Waals surface area contributed by atoms with E-state index in [2.05, 4.69) is 25.5 Å². The summed E-state index contributed by atoms with van der Waals surface area (Å²) in [7, 11) is 0. The Bertz CT molecular complexity index is 1840. The number of hydrogen-bond acceptors (Lipinski definition) is 5. The number of amides is 1. The maximum atomic E-state index is 13.7. The first-order valence-corrected chi connectivity index (χ1v) is 11.3. The smallest absolute Gasteiger partial charge is 0.311 e. The number of rotatable bonds is 3. The van der Waals surface area contributed by atoms with Crippen LogP contribution in [0.25, 0.3) is 44.5 Å². The summed E-state index contributed by atoms with van der Waals surface area (Å²) in [5.74, 6) is 0.522. The van der Waals surface area contributed by atoms with Crippen molar-refractivity contribution in [1.29, 1.82) is 0 Å². The van der Waals surface area contributed by atoms with E-state index in [-0.39, 0.29) is 11.6 Å². The molecule has 8 nitrogen and oxygen atoms in total. The Labute approximate surface area is 211 Å². The predicted octanol–water partition coefficient (Wildman–Crippen LogP) is 5.91. The van der Waals surface area contributed by atoms with Crippen LogP contribution in [0.4, 0.5) is 19.0 Å². The second-order valence-corrected chi connectivity index (χ2v) is 8.74. The highest BCUT2D eigenvalue weighted by atomic mass is 35.5. The van der Waals surface area contributed by atoms with E-state index >= 15 is 0 Å². The highest BCUT2D eigenvalue weighted by Gasteiger charge is 2.34. The molecule has 2 aromatic carbocycles. The number of carbonyl (C=O) groups is 1. The molecule has 0 saturated carbocycles. The molecule has 0 spiro atoms. The van der Waals surface area contributed by atoms with Crippen LogP contribution in [0.1, 0.15) is 12.5 Å². The molecule has 184 valence electrons. The van der Waals surface area contributed by atoms with Crippen molar-refractivity contribution >= 4 is 51.0 Å². The average Bonchev–Trinajstić information content (AvgIpc) is 3.45. The number of alkyl halides is 3. The van der Waals surface area contributed by atoms with E-state index in [1.54, 1.807) is 27.4 Å². The molecule has 0 aliphatic heterocycles. The molecule has 0 aliphatic rings. The Morgan fingerprint density at radius 3 is 2.54 bits per heavy atom. The van der Waals surface area contributed by atoms with E-state index in [0.29, 0.717) is 33.5 Å². The maximum absolute atomic E-state index is 13.7. The third kappa shape index (κ3) is 3.84. The van der Waals surface area contributed by atoms with Gasteiger partial charge < -0.3 is 5.32 Å². The fourth-order valence-electron chi connectivity index (χ4n) is 4.34. The first kappa shape index (κ1) is 22.9. The lowest BCUT2D eigenvalue weighted by Gasteiger charge is -2.13. The molecule has 0 atom stereocenters. The minimum atomic E-state index is -4.63. The predicted molar refractivity (Wildman–Crippen MR) is 133 cm³/mol. The van der Waals surface area contributed by atoms with E-state index in [1.807, 2.05) is 24.3 Å². The van der Waals surface area contributed by atoms with Gasteiger partial charge in [0.2, 0.25) is 11.7 Å². The minimum absolute atomic E-state index is 0.226. The number of aromatic nitrogens is 6. The number of pyridine rings is 2. The van der Waals surface area contributed by atoms with Crippen molar-refractivity contribution in [3.05, 3.63) is 77.8 Å². The van der Waals surface area contributed by atoms with Crippen molar-refractivity contribution in [3.63, 3.8) is 0 Å². The van der Waals surface area contributed by atoms with Crippen LogP contribution in [0.2, 0.25) is 5.02 Å². The van der Waals surface area contributed by atoms with E-state index in [9.17, 15) is 18.0 Å². The van der Waals surface area contributed by atoms with Crippen LogP contribution in [0.5, 0.6) is 0 Å². The SMILES string of the molecule is CC(=O)Nc1ccc(-c2ccc3ncc4c(c3c2)n(-c2ccc(Cl)c(C(F)(F)F)c2)c2nncn42)cn1. The van der Waals surface area contributed by atoms with Gasteiger partial charge in [-0.25, -0.2) is 4.98 Å². The number of nitrogens with one attached hydrogen (secondary N) is 1. The molecule has 1 amide bonds. The molecule has 1 N–H and O–H groups in total. The highest BCUT2D eigenvalue weighted by Crippen LogP contribution is 2.38. The lowest BCUT2D eigenvalue weighted by atomic mass is 10.0. The van der Waals surface area contributed by atoms with Crippen LogP contribution in [-0.2, 0) is 11.0 Å². The summed E-state index contributed by atoms with van der Waals surface area (Å²) in [6, 6.07) is 12.8. The third-order valence-corrected chi connectivity index (χ3v) is 6.28. The van der Waals surface area contributed by atoms with Crippen molar-refractivity contribution in [3.8, 4) is 16.8 Å². The summed E-state index contributed by atoms with van der Waals surface area (Å²) >= 11 is 5.88. The monoisotopic (exact) mass is 521 g/mol. The lowest BCUT2D eigenvalue weighted by molar-refractivity contribution is -0.137. The summed E-state index contributed by atoms with van der Waals surface area (Å²) in [6.45, 7) is 1.40. The van der Waals surface area contributed by atoms with Crippen molar-refractivity contribution in [2.75, 3.05) is 5.32 Å². The normalized spacial score (nSPS) is 12.0. The van der Waals surface area contributed by atoms with Gasteiger partial charge in [0.1, 0.15) is 12.1 Å². The molecule has 0 unspecified atom stereocenters. The zero-order chi connectivity index (χ0) is 25.9. The molecular formula is C25H15ClF3N7O. The van der Waals surface area contributed by atoms with Gasteiger partial charge in [-0.2, -0.15) is 13.2 Å². The second kappa shape index (κ2) is 8.27. The van der Waals surface area contributed by atoms with Crippen LogP contribution >= 0.6 is 11.6 Å². The molecule has 0 bridgehead atoms. The van der Waals surface area contributed by atoms with Gasteiger partial charge in [0, 0.05) is 29.8 Å². The van der Waals surface area contributed by atoms with Gasteiger partial charge >= 0.3 is 6.18 Å². The van der Waals surface area contributed by atoms with Crippen molar-refractivity contribution < 1.29 is 18.0 Å². The van der Waals surface area contributed by atoms with Crippen LogP contribution in [0.15, 0.2) is 67.3 Å². The molecule has 6 rings (SSSR count). The molecule has 0 fully saturated rings. The van der Waals surface area contributed by atoms with Gasteiger partial charge in [-0.05, 0) is 48.0 Å². The quantitative estimate of drug-likeness (QED) is 0.312. The van der Waals surface area contributed by atoms with Crippen molar-refractivity contribution in [2.24, 2.45) is 0 Å². The number of benzene rings is 2. The molecule has 37 heavy (non-hydrogen) atoms. The van der Waals surface area contributed by atoms with Crippen LogP contribution < -0.4 is 5.32 Å². The highest BCUT2D eigenvalue weighted by molar-refractivity contribution is 6.31. The number of halogens is 4. The number of nitrogens with zero attached hydrogens (tertiary/aromatic N) is 6. The largest absolute Gasteiger partial charge is 0.417 e. The van der Waals surface area contributed by atoms with Crippen molar-refractivity contribution in [1.82, 2.24) is 29.1 Å². The van der Waals surface area contributed by atoms with Gasteiger partial charge in [0.05, 0.1) is 33.3 Å². The number of imidazole rings is 1. The van der Waals surface area contributed by atoms with E-state index in [4.69, 9.17) is 11.6 Å².